The summed E-state index contributed by atoms with van der Waals surface area (Å²) >= 11 is 0. The average molecular weight is 217 g/mol. The minimum Gasteiger partial charge on any atom is -0.345 e. The van der Waals surface area contributed by atoms with Gasteiger partial charge in [-0.1, -0.05) is 12.1 Å². The van der Waals surface area contributed by atoms with E-state index in [0.717, 1.165) is 29.5 Å². The van der Waals surface area contributed by atoms with Crippen molar-refractivity contribution < 1.29 is 9.18 Å². The fourth-order valence-electron chi connectivity index (χ4n) is 2.66. The van der Waals surface area contributed by atoms with Crippen molar-refractivity contribution in [1.29, 1.82) is 0 Å². The van der Waals surface area contributed by atoms with E-state index in [1.165, 1.54) is 6.07 Å². The van der Waals surface area contributed by atoms with Crippen LogP contribution in [0.25, 0.3) is 10.9 Å². The van der Waals surface area contributed by atoms with E-state index < -0.39 is 0 Å². The zero-order valence-electron chi connectivity index (χ0n) is 9.09. The van der Waals surface area contributed by atoms with Crippen molar-refractivity contribution in [1.82, 2.24) is 4.57 Å². The molecule has 0 atom stereocenters. The first-order chi connectivity index (χ1) is 7.70. The van der Waals surface area contributed by atoms with Gasteiger partial charge in [-0.3, -0.25) is 4.79 Å². The molecule has 0 saturated heterocycles. The third kappa shape index (κ3) is 1.08. The van der Waals surface area contributed by atoms with Crippen molar-refractivity contribution >= 4 is 16.7 Å². The molecule has 1 aromatic heterocycles. The molecule has 0 fully saturated rings. The number of hydrogen-bond donors (Lipinski definition) is 0. The van der Waals surface area contributed by atoms with Crippen LogP contribution in [0, 0.1) is 5.82 Å². The SMILES string of the molecule is Cn1c2c(c3cccc(F)c31)C(=O)CCC2. The van der Waals surface area contributed by atoms with Crippen LogP contribution >= 0.6 is 0 Å². The van der Waals surface area contributed by atoms with Crippen molar-refractivity contribution in [2.75, 3.05) is 0 Å². The Morgan fingerprint density at radius 3 is 2.94 bits per heavy atom. The summed E-state index contributed by atoms with van der Waals surface area (Å²) < 4.78 is 15.6. The van der Waals surface area contributed by atoms with Crippen LogP contribution in [0.3, 0.4) is 0 Å². The zero-order valence-corrected chi connectivity index (χ0v) is 9.09. The van der Waals surface area contributed by atoms with Gasteiger partial charge >= 0.3 is 0 Å². The lowest BCUT2D eigenvalue weighted by molar-refractivity contribution is 0.0973. The second kappa shape index (κ2) is 3.17. The number of ketones is 1. The number of Topliss-reactive ketones (excluding diaryl/α,β-unsaturated/α-hetero) is 1. The molecule has 0 bridgehead atoms. The number of fused-ring (bicyclic) bond motifs is 3. The number of benzene rings is 1. The van der Waals surface area contributed by atoms with Gasteiger partial charge in [0.15, 0.2) is 5.78 Å². The summed E-state index contributed by atoms with van der Waals surface area (Å²) in [5.74, 6) is -0.0975. The second-order valence-corrected chi connectivity index (χ2v) is 4.29. The molecule has 0 saturated carbocycles. The van der Waals surface area contributed by atoms with E-state index in [4.69, 9.17) is 0 Å². The molecule has 1 heterocycles. The summed E-state index contributed by atoms with van der Waals surface area (Å²) in [6.07, 6.45) is 2.33. The van der Waals surface area contributed by atoms with Crippen LogP contribution in [0.2, 0.25) is 0 Å². The van der Waals surface area contributed by atoms with E-state index in [2.05, 4.69) is 0 Å². The molecule has 1 aliphatic carbocycles. The van der Waals surface area contributed by atoms with Crippen LogP contribution in [0.1, 0.15) is 28.9 Å². The fourth-order valence-corrected chi connectivity index (χ4v) is 2.66. The van der Waals surface area contributed by atoms with Crippen molar-refractivity contribution in [2.24, 2.45) is 7.05 Å². The van der Waals surface area contributed by atoms with Gasteiger partial charge in [-0.25, -0.2) is 4.39 Å². The zero-order chi connectivity index (χ0) is 11.3. The van der Waals surface area contributed by atoms with Crippen molar-refractivity contribution in [2.45, 2.75) is 19.3 Å². The summed E-state index contributed by atoms with van der Waals surface area (Å²) in [4.78, 5) is 11.9. The van der Waals surface area contributed by atoms with Gasteiger partial charge < -0.3 is 4.57 Å². The Bertz CT molecular complexity index is 597. The molecule has 0 N–H and O–H groups in total. The summed E-state index contributed by atoms with van der Waals surface area (Å²) in [6.45, 7) is 0. The maximum atomic E-state index is 13.7. The number of para-hydroxylation sites is 1. The highest BCUT2D eigenvalue weighted by Crippen LogP contribution is 2.32. The normalized spacial score (nSPS) is 15.5. The predicted molar refractivity (Wildman–Crippen MR) is 60.1 cm³/mol. The van der Waals surface area contributed by atoms with Crippen LogP contribution in [0.4, 0.5) is 4.39 Å². The molecule has 0 amide bonds. The van der Waals surface area contributed by atoms with Gasteiger partial charge in [0.1, 0.15) is 5.82 Å². The topological polar surface area (TPSA) is 22.0 Å². The monoisotopic (exact) mass is 217 g/mol. The first kappa shape index (κ1) is 9.58. The minimum atomic E-state index is -0.248. The van der Waals surface area contributed by atoms with Gasteiger partial charge in [-0.15, -0.1) is 0 Å². The molecule has 0 radical (unpaired) electrons. The number of rotatable bonds is 0. The lowest BCUT2D eigenvalue weighted by atomic mass is 9.94. The number of nitrogens with zero attached hydrogens (tertiary/aromatic N) is 1. The molecule has 0 spiro atoms. The van der Waals surface area contributed by atoms with E-state index in [1.54, 1.807) is 6.07 Å². The molecule has 3 rings (SSSR count). The number of aryl methyl sites for hydroxylation is 1. The number of aromatic nitrogens is 1. The van der Waals surface area contributed by atoms with E-state index in [1.807, 2.05) is 17.7 Å². The number of carbonyl (C=O) groups excluding carboxylic acids is 1. The Morgan fingerprint density at radius 2 is 2.12 bits per heavy atom. The van der Waals surface area contributed by atoms with E-state index in [-0.39, 0.29) is 11.6 Å². The first-order valence-electron chi connectivity index (χ1n) is 5.49. The smallest absolute Gasteiger partial charge is 0.165 e. The third-order valence-electron chi connectivity index (χ3n) is 3.38. The largest absolute Gasteiger partial charge is 0.345 e. The lowest BCUT2D eigenvalue weighted by Gasteiger charge is -2.11. The standard InChI is InChI=1S/C13H12FNO/c1-15-10-6-3-7-11(16)12(10)8-4-2-5-9(14)13(8)15/h2,4-5H,3,6-7H2,1H3. The fraction of sp³-hybridized carbons (Fsp3) is 0.308. The van der Waals surface area contributed by atoms with Gasteiger partial charge in [-0.05, 0) is 18.9 Å². The molecule has 16 heavy (non-hydrogen) atoms. The summed E-state index contributed by atoms with van der Waals surface area (Å²) in [5.41, 5.74) is 2.28. The molecular weight excluding hydrogens is 205 g/mol. The van der Waals surface area contributed by atoms with E-state index in [9.17, 15) is 9.18 Å². The van der Waals surface area contributed by atoms with Gasteiger partial charge in [0.2, 0.25) is 0 Å². The Balaban J connectivity index is 2.49. The molecule has 3 heteroatoms. The Kier molecular flexibility index (Phi) is 1.90. The molecule has 2 nitrogen and oxygen atoms in total. The highest BCUT2D eigenvalue weighted by atomic mass is 19.1. The van der Waals surface area contributed by atoms with Gasteiger partial charge in [-0.2, -0.15) is 0 Å². The van der Waals surface area contributed by atoms with Crippen molar-refractivity contribution in [3.8, 4) is 0 Å². The van der Waals surface area contributed by atoms with E-state index >= 15 is 0 Å². The Hall–Kier alpha value is -1.64. The second-order valence-electron chi connectivity index (χ2n) is 4.29. The summed E-state index contributed by atoms with van der Waals surface area (Å²) in [6, 6.07) is 4.94. The molecule has 2 aromatic rings. The number of hydrogen-bond acceptors (Lipinski definition) is 1. The van der Waals surface area contributed by atoms with Crippen LogP contribution in [0.5, 0.6) is 0 Å². The molecular formula is C13H12FNO. The predicted octanol–water partition coefficient (Wildman–Crippen LogP) is 2.84. The van der Waals surface area contributed by atoms with Gasteiger partial charge in [0.25, 0.3) is 0 Å². The van der Waals surface area contributed by atoms with Crippen molar-refractivity contribution in [3.63, 3.8) is 0 Å². The minimum absolute atomic E-state index is 0.150. The van der Waals surface area contributed by atoms with Crippen molar-refractivity contribution in [3.05, 3.63) is 35.3 Å². The first-order valence-corrected chi connectivity index (χ1v) is 5.49. The molecule has 82 valence electrons. The Morgan fingerprint density at radius 1 is 1.31 bits per heavy atom. The van der Waals surface area contributed by atoms with Crippen LogP contribution in [0.15, 0.2) is 18.2 Å². The molecule has 1 aliphatic rings. The molecule has 1 aromatic carbocycles. The maximum Gasteiger partial charge on any atom is 0.165 e. The number of halogens is 1. The van der Waals surface area contributed by atoms with Gasteiger partial charge in [0, 0.05) is 30.1 Å². The van der Waals surface area contributed by atoms with Gasteiger partial charge in [0.05, 0.1) is 5.52 Å². The molecule has 0 unspecified atom stereocenters. The van der Waals surface area contributed by atoms with E-state index in [0.29, 0.717) is 11.9 Å². The summed E-state index contributed by atoms with van der Waals surface area (Å²) in [7, 11) is 1.84. The highest BCUT2D eigenvalue weighted by molar-refractivity contribution is 6.10. The third-order valence-corrected chi connectivity index (χ3v) is 3.38. The van der Waals surface area contributed by atoms with Crippen LogP contribution < -0.4 is 0 Å². The lowest BCUT2D eigenvalue weighted by Crippen LogP contribution is -2.11. The maximum absolute atomic E-state index is 13.7. The average Bonchev–Trinajstić information content (AvgIpc) is 2.56. The van der Waals surface area contributed by atoms with Crippen LogP contribution in [-0.4, -0.2) is 10.4 Å². The Labute approximate surface area is 92.7 Å². The number of carbonyl (C=O) groups is 1. The quantitative estimate of drug-likeness (QED) is 0.665. The summed E-state index contributed by atoms with van der Waals surface area (Å²) in [5, 5.41) is 0.766. The van der Waals surface area contributed by atoms with Crippen LogP contribution in [-0.2, 0) is 13.5 Å². The molecule has 0 aliphatic heterocycles. The highest BCUT2D eigenvalue weighted by Gasteiger charge is 2.25.